The smallest absolute Gasteiger partial charge is 0.462 e. The Labute approximate surface area is 517 Å². The Kier molecular flexibility index (Phi) is 55.9. The van der Waals surface area contributed by atoms with E-state index in [0.717, 1.165) is 108 Å². The van der Waals surface area contributed by atoms with Crippen LogP contribution in [0.1, 0.15) is 325 Å². The van der Waals surface area contributed by atoms with Crippen LogP contribution in [0.4, 0.5) is 0 Å². The maximum Gasteiger partial charge on any atom is 0.472 e. The van der Waals surface area contributed by atoms with Crippen LogP contribution < -0.4 is 0 Å². The van der Waals surface area contributed by atoms with Crippen LogP contribution in [0.2, 0.25) is 0 Å². The summed E-state index contributed by atoms with van der Waals surface area (Å²) in [6.45, 7) is 11.7. The summed E-state index contributed by atoms with van der Waals surface area (Å²) in [6.07, 6.45) is 39.0. The average molecular weight is 1260 g/mol. The number of carbonyl (C=O) groups is 4. The molecule has 0 spiro atoms. The van der Waals surface area contributed by atoms with Gasteiger partial charge in [-0.1, -0.05) is 273 Å². The van der Waals surface area contributed by atoms with Crippen molar-refractivity contribution in [1.29, 1.82) is 0 Å². The number of hydrogen-bond acceptors (Lipinski definition) is 15. The van der Waals surface area contributed by atoms with E-state index in [1.54, 1.807) is 0 Å². The zero-order valence-corrected chi connectivity index (χ0v) is 56.9. The van der Waals surface area contributed by atoms with Gasteiger partial charge in [0.2, 0.25) is 0 Å². The monoisotopic (exact) mass is 1250 g/mol. The summed E-state index contributed by atoms with van der Waals surface area (Å²) in [5.74, 6) is 0.0470. The molecule has 504 valence electrons. The van der Waals surface area contributed by atoms with E-state index in [9.17, 15) is 43.2 Å². The lowest BCUT2D eigenvalue weighted by Gasteiger charge is -2.21. The molecule has 0 aromatic carbocycles. The first kappa shape index (κ1) is 83.1. The van der Waals surface area contributed by atoms with E-state index in [1.807, 2.05) is 0 Å². The van der Waals surface area contributed by atoms with E-state index < -0.39 is 97.5 Å². The van der Waals surface area contributed by atoms with Gasteiger partial charge in [0, 0.05) is 25.7 Å². The normalized spacial score (nSPS) is 14.3. The minimum Gasteiger partial charge on any atom is -0.462 e. The molecule has 0 rings (SSSR count). The van der Waals surface area contributed by atoms with Crippen molar-refractivity contribution in [3.8, 4) is 0 Å². The predicted molar refractivity (Wildman–Crippen MR) is 340 cm³/mol. The molecule has 17 nitrogen and oxygen atoms in total. The van der Waals surface area contributed by atoms with E-state index in [4.69, 9.17) is 37.0 Å². The van der Waals surface area contributed by atoms with E-state index in [2.05, 4.69) is 48.5 Å². The van der Waals surface area contributed by atoms with Gasteiger partial charge in [0.25, 0.3) is 0 Å². The van der Waals surface area contributed by atoms with Crippen LogP contribution in [0.15, 0.2) is 0 Å². The molecule has 0 aliphatic carbocycles. The van der Waals surface area contributed by atoms with Crippen LogP contribution >= 0.6 is 15.6 Å². The predicted octanol–water partition coefficient (Wildman–Crippen LogP) is 18.3. The van der Waals surface area contributed by atoms with Crippen molar-refractivity contribution in [2.75, 3.05) is 39.6 Å². The van der Waals surface area contributed by atoms with Crippen LogP contribution in [0, 0.1) is 17.8 Å². The highest BCUT2D eigenvalue weighted by Gasteiger charge is 2.30. The minimum atomic E-state index is -4.95. The number of phosphoric acid groups is 2. The molecule has 0 radical (unpaired) electrons. The number of unbranched alkanes of at least 4 members (excludes halogenated alkanes) is 32. The Bertz CT molecular complexity index is 1680. The van der Waals surface area contributed by atoms with E-state index >= 15 is 0 Å². The standard InChI is InChI=1S/C66H128O17P2/c1-8-9-10-11-12-13-14-17-26-33-40-47-63(68)76-53-62(83-66(71)50-43-36-29-22-20-25-32-39-46-59(6)7)56-81-85(74,75)79-52-60(67)51-78-84(72,73)80-55-61(54-77-64(69)48-41-34-27-21-19-24-31-38-45-58(4)5)82-65(70)49-42-35-28-18-15-16-23-30-37-44-57(2)3/h57-62,67H,8-56H2,1-7H3,(H,72,73)(H,74,75)/t60-,61-,62-/m1/s1. The van der Waals surface area contributed by atoms with Crippen LogP contribution in [-0.2, 0) is 65.4 Å². The molecule has 0 aromatic heterocycles. The van der Waals surface area contributed by atoms with Crippen molar-refractivity contribution in [3.63, 3.8) is 0 Å². The van der Waals surface area contributed by atoms with Gasteiger partial charge in [-0.2, -0.15) is 0 Å². The largest absolute Gasteiger partial charge is 0.472 e. The Balaban J connectivity index is 5.26. The van der Waals surface area contributed by atoms with Crippen molar-refractivity contribution in [3.05, 3.63) is 0 Å². The number of phosphoric ester groups is 2. The quantitative estimate of drug-likeness (QED) is 0.0222. The van der Waals surface area contributed by atoms with Gasteiger partial charge >= 0.3 is 39.5 Å². The fourth-order valence-corrected chi connectivity index (χ4v) is 11.4. The fraction of sp³-hybridized carbons (Fsp3) is 0.939. The Morgan fingerprint density at radius 2 is 0.541 bits per heavy atom. The highest BCUT2D eigenvalue weighted by Crippen LogP contribution is 2.45. The van der Waals surface area contributed by atoms with Crippen molar-refractivity contribution in [1.82, 2.24) is 0 Å². The molecule has 0 saturated carbocycles. The third-order valence-electron chi connectivity index (χ3n) is 15.1. The van der Waals surface area contributed by atoms with Crippen LogP contribution in [0.5, 0.6) is 0 Å². The second-order valence-corrected chi connectivity index (χ2v) is 28.2. The molecular weight excluding hydrogens is 1130 g/mol. The van der Waals surface area contributed by atoms with Gasteiger partial charge < -0.3 is 33.8 Å². The lowest BCUT2D eigenvalue weighted by atomic mass is 10.0. The zero-order valence-electron chi connectivity index (χ0n) is 55.1. The van der Waals surface area contributed by atoms with Gasteiger partial charge in [-0.05, 0) is 43.4 Å². The molecule has 0 saturated heterocycles. The summed E-state index contributed by atoms with van der Waals surface area (Å²) in [6, 6.07) is 0. The first-order valence-electron chi connectivity index (χ1n) is 34.3. The molecule has 0 aliphatic heterocycles. The SMILES string of the molecule is CCCCCCCCCCCCCC(=O)OC[C@H](COP(=O)(O)OC[C@H](O)COP(=O)(O)OC[C@@H](COC(=O)CCCCCCCCCCC(C)C)OC(=O)CCCCCCCCCCCC(C)C)OC(=O)CCCCCCCCCCC(C)C. The van der Waals surface area contributed by atoms with Crippen molar-refractivity contribution in [2.24, 2.45) is 17.8 Å². The summed E-state index contributed by atoms with van der Waals surface area (Å²) >= 11 is 0. The maximum atomic E-state index is 13.0. The van der Waals surface area contributed by atoms with Gasteiger partial charge in [-0.25, -0.2) is 9.13 Å². The van der Waals surface area contributed by atoms with E-state index in [-0.39, 0.29) is 25.7 Å². The third-order valence-corrected chi connectivity index (χ3v) is 17.0. The van der Waals surface area contributed by atoms with Crippen LogP contribution in [-0.4, -0.2) is 96.7 Å². The fourth-order valence-electron chi connectivity index (χ4n) is 9.83. The molecule has 2 unspecified atom stereocenters. The lowest BCUT2D eigenvalue weighted by molar-refractivity contribution is -0.161. The topological polar surface area (TPSA) is 237 Å². The molecular formula is C66H128O17P2. The van der Waals surface area contributed by atoms with Gasteiger partial charge in [0.1, 0.15) is 19.3 Å². The highest BCUT2D eigenvalue weighted by atomic mass is 31.2. The lowest BCUT2D eigenvalue weighted by Crippen LogP contribution is -2.30. The van der Waals surface area contributed by atoms with Gasteiger partial charge in [-0.15, -0.1) is 0 Å². The van der Waals surface area contributed by atoms with Gasteiger partial charge in [0.15, 0.2) is 12.2 Å². The van der Waals surface area contributed by atoms with Crippen molar-refractivity contribution in [2.45, 2.75) is 343 Å². The second kappa shape index (κ2) is 57.2. The summed E-state index contributed by atoms with van der Waals surface area (Å²) in [5.41, 5.74) is 0. The molecule has 0 heterocycles. The minimum absolute atomic E-state index is 0.104. The first-order valence-corrected chi connectivity index (χ1v) is 37.3. The van der Waals surface area contributed by atoms with Crippen molar-refractivity contribution >= 4 is 39.5 Å². The molecule has 19 heteroatoms. The molecule has 5 atom stereocenters. The molecule has 3 N–H and O–H groups in total. The number of aliphatic hydroxyl groups is 1. The Morgan fingerprint density at radius 1 is 0.318 bits per heavy atom. The van der Waals surface area contributed by atoms with Crippen molar-refractivity contribution < 1.29 is 80.2 Å². The Morgan fingerprint density at radius 3 is 0.800 bits per heavy atom. The molecule has 0 aromatic rings. The third kappa shape index (κ3) is 60.7. The summed E-state index contributed by atoms with van der Waals surface area (Å²) in [7, 11) is -9.89. The number of rotatable bonds is 64. The highest BCUT2D eigenvalue weighted by molar-refractivity contribution is 7.47. The average Bonchev–Trinajstić information content (AvgIpc) is 3.50. The number of hydrogen-bond donors (Lipinski definition) is 3. The van der Waals surface area contributed by atoms with Gasteiger partial charge in [0.05, 0.1) is 26.4 Å². The van der Waals surface area contributed by atoms with Gasteiger partial charge in [-0.3, -0.25) is 37.3 Å². The number of carbonyl (C=O) groups excluding carboxylic acids is 4. The molecule has 0 bridgehead atoms. The summed E-state index contributed by atoms with van der Waals surface area (Å²) in [4.78, 5) is 72.3. The first-order chi connectivity index (χ1) is 40.7. The number of esters is 4. The summed E-state index contributed by atoms with van der Waals surface area (Å²) < 4.78 is 68.1. The van der Waals surface area contributed by atoms with E-state index in [1.165, 1.54) is 135 Å². The molecule has 0 fully saturated rings. The van der Waals surface area contributed by atoms with E-state index in [0.29, 0.717) is 25.7 Å². The van der Waals surface area contributed by atoms with Crippen LogP contribution in [0.25, 0.3) is 0 Å². The molecule has 85 heavy (non-hydrogen) atoms. The Hall–Kier alpha value is -1.94. The zero-order chi connectivity index (χ0) is 63.1. The molecule has 0 aliphatic rings. The molecule has 0 amide bonds. The number of ether oxygens (including phenoxy) is 4. The van der Waals surface area contributed by atoms with Crippen LogP contribution in [0.3, 0.4) is 0 Å². The second-order valence-electron chi connectivity index (χ2n) is 25.3. The number of aliphatic hydroxyl groups excluding tert-OH is 1. The maximum absolute atomic E-state index is 13.0. The summed E-state index contributed by atoms with van der Waals surface area (Å²) in [5, 5.41) is 10.6.